The van der Waals surface area contributed by atoms with Crippen molar-refractivity contribution >= 4 is 21.6 Å². The molecule has 0 aliphatic heterocycles. The van der Waals surface area contributed by atoms with Gasteiger partial charge in [0.1, 0.15) is 4.83 Å². The molecule has 0 atom stereocenters. The van der Waals surface area contributed by atoms with Gasteiger partial charge in [-0.3, -0.25) is 9.36 Å². The van der Waals surface area contributed by atoms with Crippen molar-refractivity contribution in [2.75, 3.05) is 0 Å². The van der Waals surface area contributed by atoms with Crippen molar-refractivity contribution in [3.05, 3.63) is 62.5 Å². The summed E-state index contributed by atoms with van der Waals surface area (Å²) >= 11 is 1.59. The van der Waals surface area contributed by atoms with Gasteiger partial charge in [-0.15, -0.1) is 11.3 Å². The number of aromatic nitrogens is 2. The second kappa shape index (κ2) is 4.87. The fourth-order valence-corrected chi connectivity index (χ4v) is 3.38. The highest BCUT2D eigenvalue weighted by Crippen LogP contribution is 2.25. The van der Waals surface area contributed by atoms with E-state index in [-0.39, 0.29) is 5.56 Å². The van der Waals surface area contributed by atoms with Crippen molar-refractivity contribution < 1.29 is 0 Å². The van der Waals surface area contributed by atoms with Crippen LogP contribution in [0.15, 0.2) is 35.4 Å². The zero-order valence-electron chi connectivity index (χ0n) is 11.8. The molecular weight excluding hydrogens is 268 g/mol. The predicted molar refractivity (Wildman–Crippen MR) is 83.6 cm³/mol. The van der Waals surface area contributed by atoms with Crippen LogP contribution in [0, 0.1) is 20.8 Å². The summed E-state index contributed by atoms with van der Waals surface area (Å²) in [6.07, 6.45) is 1.66. The van der Waals surface area contributed by atoms with Crippen molar-refractivity contribution in [2.45, 2.75) is 27.3 Å². The highest BCUT2D eigenvalue weighted by Gasteiger charge is 2.12. The molecule has 0 aliphatic rings. The van der Waals surface area contributed by atoms with Gasteiger partial charge in [-0.25, -0.2) is 4.98 Å². The molecule has 0 spiro atoms. The maximum absolute atomic E-state index is 12.6. The molecule has 20 heavy (non-hydrogen) atoms. The Labute approximate surface area is 121 Å². The lowest BCUT2D eigenvalue weighted by Crippen LogP contribution is -2.21. The van der Waals surface area contributed by atoms with Gasteiger partial charge in [0.15, 0.2) is 0 Å². The number of fused-ring (bicyclic) bond motifs is 1. The highest BCUT2D eigenvalue weighted by molar-refractivity contribution is 7.18. The van der Waals surface area contributed by atoms with Gasteiger partial charge in [0.05, 0.1) is 18.3 Å². The van der Waals surface area contributed by atoms with Gasteiger partial charge in [-0.05, 0) is 31.9 Å². The first kappa shape index (κ1) is 13.1. The Morgan fingerprint density at radius 2 is 2.05 bits per heavy atom. The van der Waals surface area contributed by atoms with Gasteiger partial charge >= 0.3 is 0 Å². The van der Waals surface area contributed by atoms with Crippen LogP contribution in [-0.4, -0.2) is 9.55 Å². The van der Waals surface area contributed by atoms with Crippen LogP contribution in [0.4, 0.5) is 0 Å². The third-order valence-electron chi connectivity index (χ3n) is 3.59. The number of thiophene rings is 1. The van der Waals surface area contributed by atoms with Crippen LogP contribution in [0.2, 0.25) is 0 Å². The number of rotatable bonds is 2. The van der Waals surface area contributed by atoms with Crippen LogP contribution < -0.4 is 5.56 Å². The lowest BCUT2D eigenvalue weighted by molar-refractivity contribution is 0.748. The average Bonchev–Trinajstić information content (AvgIpc) is 2.69. The van der Waals surface area contributed by atoms with E-state index in [4.69, 9.17) is 0 Å². The Bertz CT molecular complexity index is 845. The first-order chi connectivity index (χ1) is 9.56. The molecule has 4 heteroatoms. The molecule has 0 aliphatic carbocycles. The Morgan fingerprint density at radius 3 is 2.80 bits per heavy atom. The Kier molecular flexibility index (Phi) is 3.18. The van der Waals surface area contributed by atoms with Crippen LogP contribution in [0.1, 0.15) is 21.6 Å². The molecule has 2 aromatic heterocycles. The molecule has 0 fully saturated rings. The summed E-state index contributed by atoms with van der Waals surface area (Å²) in [6.45, 7) is 6.65. The third-order valence-corrected chi connectivity index (χ3v) is 4.71. The third kappa shape index (κ3) is 2.16. The molecular formula is C16H16N2OS. The molecule has 102 valence electrons. The average molecular weight is 284 g/mol. The van der Waals surface area contributed by atoms with E-state index in [0.717, 1.165) is 26.2 Å². The van der Waals surface area contributed by atoms with E-state index >= 15 is 0 Å². The molecule has 0 saturated heterocycles. The van der Waals surface area contributed by atoms with Gasteiger partial charge < -0.3 is 0 Å². The highest BCUT2D eigenvalue weighted by atomic mass is 32.1. The topological polar surface area (TPSA) is 34.9 Å². The molecule has 0 radical (unpaired) electrons. The Balaban J connectivity index is 2.11. The van der Waals surface area contributed by atoms with Crippen molar-refractivity contribution in [1.82, 2.24) is 9.55 Å². The van der Waals surface area contributed by atoms with Crippen LogP contribution in [0.3, 0.4) is 0 Å². The summed E-state index contributed by atoms with van der Waals surface area (Å²) in [4.78, 5) is 19.0. The molecule has 0 amide bonds. The van der Waals surface area contributed by atoms with E-state index in [1.807, 2.05) is 26.0 Å². The molecule has 1 aromatic carbocycles. The van der Waals surface area contributed by atoms with Crippen molar-refractivity contribution in [1.29, 1.82) is 0 Å². The number of hydrogen-bond acceptors (Lipinski definition) is 3. The van der Waals surface area contributed by atoms with Crippen LogP contribution in [0.5, 0.6) is 0 Å². The molecule has 0 saturated carbocycles. The number of benzene rings is 1. The summed E-state index contributed by atoms with van der Waals surface area (Å²) < 4.78 is 1.69. The molecule has 3 aromatic rings. The standard InChI is InChI=1S/C16H16N2OS/c1-10-5-4-6-13(7-10)8-18-9-17-15-14(16(18)19)11(2)12(3)20-15/h4-7,9H,8H2,1-3H3. The minimum Gasteiger partial charge on any atom is -0.294 e. The number of hydrogen-bond donors (Lipinski definition) is 0. The lowest BCUT2D eigenvalue weighted by atomic mass is 10.1. The molecule has 0 N–H and O–H groups in total. The van der Waals surface area contributed by atoms with Gasteiger partial charge in [0, 0.05) is 4.88 Å². The molecule has 0 bridgehead atoms. The second-order valence-corrected chi connectivity index (χ2v) is 6.33. The number of aryl methyl sites for hydroxylation is 3. The Morgan fingerprint density at radius 1 is 1.25 bits per heavy atom. The summed E-state index contributed by atoms with van der Waals surface area (Å²) in [5.74, 6) is 0. The Hall–Kier alpha value is -1.94. The first-order valence-electron chi connectivity index (χ1n) is 6.57. The van der Waals surface area contributed by atoms with Crippen molar-refractivity contribution in [3.63, 3.8) is 0 Å². The van der Waals surface area contributed by atoms with Gasteiger partial charge in [0.2, 0.25) is 0 Å². The smallest absolute Gasteiger partial charge is 0.262 e. The minimum absolute atomic E-state index is 0.0540. The molecule has 3 nitrogen and oxygen atoms in total. The molecule has 0 unspecified atom stereocenters. The summed E-state index contributed by atoms with van der Waals surface area (Å²) in [5.41, 5.74) is 3.43. The van der Waals surface area contributed by atoms with Crippen LogP contribution in [0.25, 0.3) is 10.2 Å². The molecule has 3 rings (SSSR count). The quantitative estimate of drug-likeness (QED) is 0.722. The van der Waals surface area contributed by atoms with E-state index < -0.39 is 0 Å². The van der Waals surface area contributed by atoms with Gasteiger partial charge in [-0.2, -0.15) is 0 Å². The summed E-state index contributed by atoms with van der Waals surface area (Å²) in [5, 5.41) is 0.766. The first-order valence-corrected chi connectivity index (χ1v) is 7.38. The van der Waals surface area contributed by atoms with E-state index in [1.165, 1.54) is 5.56 Å². The van der Waals surface area contributed by atoms with Crippen LogP contribution in [-0.2, 0) is 6.54 Å². The van der Waals surface area contributed by atoms with Gasteiger partial charge in [0.25, 0.3) is 5.56 Å². The normalized spacial score (nSPS) is 11.2. The zero-order chi connectivity index (χ0) is 14.3. The van der Waals surface area contributed by atoms with Gasteiger partial charge in [-0.1, -0.05) is 29.8 Å². The van der Waals surface area contributed by atoms with E-state index in [1.54, 1.807) is 22.2 Å². The summed E-state index contributed by atoms with van der Waals surface area (Å²) in [6, 6.07) is 8.21. The number of nitrogens with zero attached hydrogens (tertiary/aromatic N) is 2. The predicted octanol–water partition coefficient (Wildman–Crippen LogP) is 3.43. The monoisotopic (exact) mass is 284 g/mol. The summed E-state index contributed by atoms with van der Waals surface area (Å²) in [7, 11) is 0. The minimum atomic E-state index is 0.0540. The fraction of sp³-hybridized carbons (Fsp3) is 0.250. The maximum Gasteiger partial charge on any atom is 0.262 e. The lowest BCUT2D eigenvalue weighted by Gasteiger charge is -2.06. The zero-order valence-corrected chi connectivity index (χ0v) is 12.6. The van der Waals surface area contributed by atoms with Crippen LogP contribution >= 0.6 is 11.3 Å². The maximum atomic E-state index is 12.6. The fourth-order valence-electron chi connectivity index (χ4n) is 2.39. The SMILES string of the molecule is Cc1cccc(Cn2cnc3sc(C)c(C)c3c2=O)c1. The van der Waals surface area contributed by atoms with Crippen molar-refractivity contribution in [3.8, 4) is 0 Å². The van der Waals surface area contributed by atoms with Crippen molar-refractivity contribution in [2.24, 2.45) is 0 Å². The van der Waals surface area contributed by atoms with E-state index in [2.05, 4.69) is 24.0 Å². The van der Waals surface area contributed by atoms with E-state index in [0.29, 0.717) is 6.54 Å². The van der Waals surface area contributed by atoms with E-state index in [9.17, 15) is 4.79 Å². The largest absolute Gasteiger partial charge is 0.294 e. The second-order valence-electron chi connectivity index (χ2n) is 5.13. The molecule has 2 heterocycles.